The molecule has 0 fully saturated rings. The highest BCUT2D eigenvalue weighted by molar-refractivity contribution is 5.80. The van der Waals surface area contributed by atoms with Gasteiger partial charge in [0.05, 0.1) is 6.54 Å². The highest BCUT2D eigenvalue weighted by Crippen LogP contribution is 2.44. The van der Waals surface area contributed by atoms with E-state index in [0.717, 1.165) is 6.29 Å². The Bertz CT molecular complexity index is 1080. The molecule has 142 valence electrons. The van der Waals surface area contributed by atoms with Gasteiger partial charge < -0.3 is 10.1 Å². The van der Waals surface area contributed by atoms with Gasteiger partial charge in [-0.05, 0) is 28.3 Å². The number of ether oxygens (including phenoxy) is 1. The molecular formula is C25H19NO3. The molecule has 0 aliphatic heterocycles. The number of carbonyl (C=O) groups excluding carboxylic acids is 2. The Labute approximate surface area is 169 Å². The number of fused-ring (bicyclic) bond motifs is 3. The lowest BCUT2D eigenvalue weighted by Crippen LogP contribution is -2.26. The van der Waals surface area contributed by atoms with Gasteiger partial charge in [-0.25, -0.2) is 4.79 Å². The number of aldehydes is 1. The number of alkyl carbamates (subject to hydrolysis) is 1. The minimum atomic E-state index is -0.509. The average molecular weight is 381 g/mol. The van der Waals surface area contributed by atoms with Crippen LogP contribution in [0.5, 0.6) is 0 Å². The van der Waals surface area contributed by atoms with Crippen LogP contribution in [-0.4, -0.2) is 25.5 Å². The van der Waals surface area contributed by atoms with Gasteiger partial charge in [-0.15, -0.1) is 0 Å². The number of benzene rings is 3. The zero-order chi connectivity index (χ0) is 20.1. The van der Waals surface area contributed by atoms with Gasteiger partial charge in [0.1, 0.15) is 6.61 Å². The Morgan fingerprint density at radius 1 is 0.931 bits per heavy atom. The van der Waals surface area contributed by atoms with Gasteiger partial charge in [-0.3, -0.25) is 4.79 Å². The van der Waals surface area contributed by atoms with Gasteiger partial charge in [0.15, 0.2) is 6.29 Å². The molecule has 3 aromatic rings. The van der Waals surface area contributed by atoms with E-state index in [1.807, 2.05) is 30.3 Å². The summed E-state index contributed by atoms with van der Waals surface area (Å²) in [5.41, 5.74) is 5.89. The molecule has 0 atom stereocenters. The molecule has 1 aliphatic rings. The fourth-order valence-electron chi connectivity index (χ4n) is 3.62. The highest BCUT2D eigenvalue weighted by atomic mass is 16.5. The summed E-state index contributed by atoms with van der Waals surface area (Å²) in [6.07, 6.45) is 0.257. The van der Waals surface area contributed by atoms with E-state index in [4.69, 9.17) is 4.74 Å². The van der Waals surface area contributed by atoms with Gasteiger partial charge in [0.25, 0.3) is 0 Å². The lowest BCUT2D eigenvalue weighted by molar-refractivity contribution is 0.112. The van der Waals surface area contributed by atoms with Crippen LogP contribution in [0, 0.1) is 11.8 Å². The van der Waals surface area contributed by atoms with Crippen LogP contribution in [-0.2, 0) is 4.74 Å². The van der Waals surface area contributed by atoms with E-state index in [2.05, 4.69) is 41.4 Å². The molecule has 0 spiro atoms. The summed E-state index contributed by atoms with van der Waals surface area (Å²) in [5.74, 6) is 5.76. The lowest BCUT2D eigenvalue weighted by atomic mass is 9.98. The molecule has 29 heavy (non-hydrogen) atoms. The largest absolute Gasteiger partial charge is 0.449 e. The van der Waals surface area contributed by atoms with Crippen LogP contribution in [0.2, 0.25) is 0 Å². The van der Waals surface area contributed by atoms with Crippen LogP contribution in [0.15, 0.2) is 72.8 Å². The predicted octanol–water partition coefficient (Wildman–Crippen LogP) is 4.39. The van der Waals surface area contributed by atoms with Gasteiger partial charge >= 0.3 is 6.09 Å². The quantitative estimate of drug-likeness (QED) is 0.539. The van der Waals surface area contributed by atoms with Gasteiger partial charge in [-0.1, -0.05) is 78.6 Å². The van der Waals surface area contributed by atoms with Crippen molar-refractivity contribution in [3.63, 3.8) is 0 Å². The Balaban J connectivity index is 1.36. The van der Waals surface area contributed by atoms with Crippen molar-refractivity contribution in [3.05, 3.63) is 95.1 Å². The number of hydrogen-bond acceptors (Lipinski definition) is 3. The summed E-state index contributed by atoms with van der Waals surface area (Å²) in [6.45, 7) is 0.408. The van der Waals surface area contributed by atoms with E-state index in [1.54, 1.807) is 18.2 Å². The smallest absolute Gasteiger partial charge is 0.407 e. The standard InChI is InChI=1S/C25H19NO3/c27-16-19-9-2-1-8-18(19)10-7-15-26-25(28)29-17-24-22-13-5-3-11-20(22)21-12-4-6-14-23(21)24/h1-6,8-9,11-14,16,24H,15,17H2,(H,26,28). The molecule has 0 heterocycles. The van der Waals surface area contributed by atoms with Crippen molar-refractivity contribution >= 4 is 12.4 Å². The maximum Gasteiger partial charge on any atom is 0.407 e. The van der Waals surface area contributed by atoms with Crippen LogP contribution in [0.1, 0.15) is 33.0 Å². The minimum Gasteiger partial charge on any atom is -0.449 e. The minimum absolute atomic E-state index is 0.0266. The lowest BCUT2D eigenvalue weighted by Gasteiger charge is -2.14. The molecule has 3 aromatic carbocycles. The molecule has 0 saturated heterocycles. The fourth-order valence-corrected chi connectivity index (χ4v) is 3.62. The first-order valence-corrected chi connectivity index (χ1v) is 9.40. The normalized spacial score (nSPS) is 11.6. The molecule has 1 aliphatic carbocycles. The Morgan fingerprint density at radius 2 is 1.55 bits per heavy atom. The maximum atomic E-state index is 12.1. The van der Waals surface area contributed by atoms with Gasteiger partial charge in [-0.2, -0.15) is 0 Å². The molecule has 1 N–H and O–H groups in total. The summed E-state index contributed by atoms with van der Waals surface area (Å²) < 4.78 is 5.46. The van der Waals surface area contributed by atoms with Crippen LogP contribution in [0.3, 0.4) is 0 Å². The Kier molecular flexibility index (Phi) is 5.40. The molecule has 0 bridgehead atoms. The summed E-state index contributed by atoms with van der Waals surface area (Å²) in [4.78, 5) is 23.1. The molecule has 0 radical (unpaired) electrons. The molecule has 0 unspecified atom stereocenters. The van der Waals surface area contributed by atoms with E-state index < -0.39 is 6.09 Å². The molecule has 1 amide bonds. The first-order chi connectivity index (χ1) is 14.3. The second-order valence-electron chi connectivity index (χ2n) is 6.69. The Morgan fingerprint density at radius 3 is 2.24 bits per heavy atom. The first kappa shape index (κ1) is 18.5. The van der Waals surface area contributed by atoms with Crippen molar-refractivity contribution < 1.29 is 14.3 Å². The van der Waals surface area contributed by atoms with Crippen molar-refractivity contribution in [2.75, 3.05) is 13.2 Å². The number of amides is 1. The van der Waals surface area contributed by atoms with E-state index in [1.165, 1.54) is 22.3 Å². The first-order valence-electron chi connectivity index (χ1n) is 9.40. The molecule has 4 nitrogen and oxygen atoms in total. The summed E-state index contributed by atoms with van der Waals surface area (Å²) in [7, 11) is 0. The van der Waals surface area contributed by atoms with Crippen LogP contribution >= 0.6 is 0 Å². The van der Waals surface area contributed by atoms with Crippen molar-refractivity contribution in [1.29, 1.82) is 0 Å². The molecular weight excluding hydrogens is 362 g/mol. The van der Waals surface area contributed by atoms with Crippen LogP contribution in [0.25, 0.3) is 11.1 Å². The van der Waals surface area contributed by atoms with E-state index in [0.29, 0.717) is 11.1 Å². The SMILES string of the molecule is O=Cc1ccccc1C#CCNC(=O)OCC1c2ccccc2-c2ccccc21. The van der Waals surface area contributed by atoms with Crippen LogP contribution < -0.4 is 5.32 Å². The molecule has 4 rings (SSSR count). The van der Waals surface area contributed by atoms with E-state index in [-0.39, 0.29) is 19.1 Å². The molecule has 0 aromatic heterocycles. The van der Waals surface area contributed by atoms with Crippen molar-refractivity contribution in [2.45, 2.75) is 5.92 Å². The van der Waals surface area contributed by atoms with Crippen LogP contribution in [0.4, 0.5) is 4.79 Å². The molecule has 4 heteroatoms. The summed E-state index contributed by atoms with van der Waals surface area (Å²) >= 11 is 0. The third-order valence-electron chi connectivity index (χ3n) is 4.98. The van der Waals surface area contributed by atoms with Gasteiger partial charge in [0.2, 0.25) is 0 Å². The zero-order valence-electron chi connectivity index (χ0n) is 15.7. The number of hydrogen-bond donors (Lipinski definition) is 1. The second kappa shape index (κ2) is 8.45. The third kappa shape index (κ3) is 3.90. The number of carbonyl (C=O) groups is 2. The highest BCUT2D eigenvalue weighted by Gasteiger charge is 2.28. The zero-order valence-corrected chi connectivity index (χ0v) is 15.7. The molecule has 0 saturated carbocycles. The average Bonchev–Trinajstić information content (AvgIpc) is 3.09. The van der Waals surface area contributed by atoms with E-state index >= 15 is 0 Å². The van der Waals surface area contributed by atoms with E-state index in [9.17, 15) is 9.59 Å². The fraction of sp³-hybridized carbons (Fsp3) is 0.120. The summed E-state index contributed by atoms with van der Waals surface area (Å²) in [6, 6.07) is 23.5. The van der Waals surface area contributed by atoms with Gasteiger partial charge in [0, 0.05) is 17.0 Å². The van der Waals surface area contributed by atoms with Crippen molar-refractivity contribution in [3.8, 4) is 23.0 Å². The van der Waals surface area contributed by atoms with Crippen molar-refractivity contribution in [1.82, 2.24) is 5.32 Å². The predicted molar refractivity (Wildman–Crippen MR) is 112 cm³/mol. The summed E-state index contributed by atoms with van der Waals surface area (Å²) in [5, 5.41) is 2.64. The van der Waals surface area contributed by atoms with Crippen molar-refractivity contribution in [2.24, 2.45) is 0 Å². The Hall–Kier alpha value is -3.84. The topological polar surface area (TPSA) is 55.4 Å². The number of nitrogens with one attached hydrogen (secondary N) is 1. The second-order valence-corrected chi connectivity index (χ2v) is 6.69. The number of rotatable bonds is 4. The maximum absolute atomic E-state index is 12.1. The monoisotopic (exact) mass is 381 g/mol. The third-order valence-corrected chi connectivity index (χ3v) is 4.98.